The van der Waals surface area contributed by atoms with Crippen molar-refractivity contribution in [3.8, 4) is 11.3 Å². The quantitative estimate of drug-likeness (QED) is 0.784. The van der Waals surface area contributed by atoms with Crippen LogP contribution in [0, 0.1) is 6.92 Å². The van der Waals surface area contributed by atoms with Gasteiger partial charge in [-0.2, -0.15) is 0 Å². The molecule has 1 aromatic carbocycles. The summed E-state index contributed by atoms with van der Waals surface area (Å²) < 4.78 is 6.79. The summed E-state index contributed by atoms with van der Waals surface area (Å²) >= 11 is 6.23. The molecule has 0 saturated heterocycles. The Morgan fingerprint density at radius 2 is 2.20 bits per heavy atom. The van der Waals surface area contributed by atoms with E-state index in [-0.39, 0.29) is 5.76 Å². The average molecular weight is 291 g/mol. The molecule has 3 rings (SSSR count). The molecule has 0 bridgehead atoms. The lowest BCUT2D eigenvalue weighted by molar-refractivity contribution is 0.0652. The Kier molecular flexibility index (Phi) is 2.79. The number of benzene rings is 1. The Bertz CT molecular complexity index is 832. The maximum atomic E-state index is 10.9. The third-order valence-corrected chi connectivity index (χ3v) is 3.74. The maximum absolute atomic E-state index is 10.9. The normalized spacial score (nSPS) is 11.2. The fourth-order valence-corrected chi connectivity index (χ4v) is 2.71. The first-order chi connectivity index (χ1) is 9.50. The first-order valence-corrected chi connectivity index (χ1v) is 6.32. The van der Waals surface area contributed by atoms with E-state index < -0.39 is 5.97 Å². The van der Waals surface area contributed by atoms with Gasteiger partial charge >= 0.3 is 5.97 Å². The van der Waals surface area contributed by atoms with Crippen LogP contribution in [0.15, 0.2) is 28.8 Å². The van der Waals surface area contributed by atoms with Crippen molar-refractivity contribution in [2.75, 3.05) is 0 Å². The Balaban J connectivity index is 2.33. The molecule has 0 unspecified atom stereocenters. The van der Waals surface area contributed by atoms with Crippen LogP contribution in [0.3, 0.4) is 0 Å². The number of carboxylic acids is 1. The van der Waals surface area contributed by atoms with E-state index >= 15 is 0 Å². The van der Waals surface area contributed by atoms with E-state index in [1.807, 2.05) is 36.7 Å². The second-order valence-electron chi connectivity index (χ2n) is 4.54. The minimum absolute atomic E-state index is 0.182. The van der Waals surface area contributed by atoms with Gasteiger partial charge in [0.2, 0.25) is 5.76 Å². The van der Waals surface area contributed by atoms with E-state index in [2.05, 4.69) is 5.16 Å². The van der Waals surface area contributed by atoms with Gasteiger partial charge in [-0.15, -0.1) is 0 Å². The van der Waals surface area contributed by atoms with Gasteiger partial charge in [0, 0.05) is 29.8 Å². The highest BCUT2D eigenvalue weighted by atomic mass is 35.5. The first kappa shape index (κ1) is 12.7. The number of aromatic nitrogens is 2. The van der Waals surface area contributed by atoms with Crippen LogP contribution < -0.4 is 0 Å². The minimum atomic E-state index is -1.14. The van der Waals surface area contributed by atoms with Gasteiger partial charge in [-0.05, 0) is 13.0 Å². The van der Waals surface area contributed by atoms with Crippen molar-refractivity contribution < 1.29 is 14.4 Å². The Hall–Kier alpha value is -2.27. The highest BCUT2D eigenvalue weighted by Crippen LogP contribution is 2.36. The molecule has 0 saturated carbocycles. The van der Waals surface area contributed by atoms with Gasteiger partial charge in [-0.25, -0.2) is 4.79 Å². The van der Waals surface area contributed by atoms with Crippen LogP contribution in [0.5, 0.6) is 0 Å². The number of hydrogen-bond donors (Lipinski definition) is 1. The number of carboxylic acid groups (broad SMARTS) is 1. The molecule has 20 heavy (non-hydrogen) atoms. The number of nitrogens with zero attached hydrogens (tertiary/aromatic N) is 2. The lowest BCUT2D eigenvalue weighted by Crippen LogP contribution is -1.92. The smallest absolute Gasteiger partial charge is 0.374 e. The number of aryl methyl sites for hydroxylation is 1. The fraction of sp³-hybridized carbons (Fsp3) is 0.143. The molecule has 0 radical (unpaired) electrons. The van der Waals surface area contributed by atoms with Gasteiger partial charge in [-0.3, -0.25) is 0 Å². The number of carbonyl (C=O) groups is 1. The Morgan fingerprint density at radius 1 is 1.45 bits per heavy atom. The zero-order valence-corrected chi connectivity index (χ0v) is 11.6. The number of halogens is 1. The zero-order chi connectivity index (χ0) is 14.4. The molecule has 2 heterocycles. The van der Waals surface area contributed by atoms with Crippen molar-refractivity contribution in [3.63, 3.8) is 0 Å². The van der Waals surface area contributed by atoms with Gasteiger partial charge in [0.1, 0.15) is 5.69 Å². The Labute approximate surface area is 119 Å². The Morgan fingerprint density at radius 3 is 2.85 bits per heavy atom. The number of rotatable bonds is 2. The molecule has 0 fully saturated rings. The van der Waals surface area contributed by atoms with Crippen LogP contribution in [0.1, 0.15) is 16.2 Å². The van der Waals surface area contributed by atoms with Gasteiger partial charge in [0.25, 0.3) is 0 Å². The van der Waals surface area contributed by atoms with Crippen molar-refractivity contribution >= 4 is 28.5 Å². The molecule has 0 amide bonds. The van der Waals surface area contributed by atoms with E-state index in [1.165, 1.54) is 6.07 Å². The van der Waals surface area contributed by atoms with Crippen LogP contribution in [-0.4, -0.2) is 20.8 Å². The molecule has 1 N–H and O–H groups in total. The summed E-state index contributed by atoms with van der Waals surface area (Å²) in [5, 5.41) is 14.3. The lowest BCUT2D eigenvalue weighted by Gasteiger charge is -1.99. The second kappa shape index (κ2) is 4.38. The zero-order valence-electron chi connectivity index (χ0n) is 10.8. The van der Waals surface area contributed by atoms with E-state index in [0.717, 1.165) is 22.2 Å². The van der Waals surface area contributed by atoms with Gasteiger partial charge < -0.3 is 14.2 Å². The van der Waals surface area contributed by atoms with E-state index in [9.17, 15) is 4.79 Å². The highest BCUT2D eigenvalue weighted by molar-refractivity contribution is 6.35. The van der Waals surface area contributed by atoms with Crippen LogP contribution in [0.25, 0.3) is 22.2 Å². The third kappa shape index (κ3) is 1.71. The monoisotopic (exact) mass is 290 g/mol. The number of fused-ring (bicyclic) bond motifs is 1. The summed E-state index contributed by atoms with van der Waals surface area (Å²) in [6, 6.07) is 7.02. The van der Waals surface area contributed by atoms with Crippen LogP contribution in [0.2, 0.25) is 5.02 Å². The summed E-state index contributed by atoms with van der Waals surface area (Å²) in [4.78, 5) is 10.9. The van der Waals surface area contributed by atoms with E-state index in [1.54, 1.807) is 0 Å². The molecular weight excluding hydrogens is 280 g/mol. The van der Waals surface area contributed by atoms with Crippen LogP contribution >= 0.6 is 11.6 Å². The molecule has 0 aliphatic heterocycles. The van der Waals surface area contributed by atoms with Gasteiger partial charge in [0.05, 0.1) is 10.5 Å². The SMILES string of the molecule is Cc1c(-c2cc(C(=O)O)on2)c2cccc(Cl)c2n1C. The van der Waals surface area contributed by atoms with Crippen molar-refractivity contribution in [1.82, 2.24) is 9.72 Å². The molecule has 102 valence electrons. The predicted octanol–water partition coefficient (Wildman–Crippen LogP) is 3.49. The molecule has 3 aromatic rings. The summed E-state index contributed by atoms with van der Waals surface area (Å²) in [5.74, 6) is -1.32. The number of aromatic carboxylic acids is 1. The summed E-state index contributed by atoms with van der Waals surface area (Å²) in [7, 11) is 1.91. The van der Waals surface area contributed by atoms with Crippen molar-refractivity contribution in [2.45, 2.75) is 6.92 Å². The lowest BCUT2D eigenvalue weighted by atomic mass is 10.1. The first-order valence-electron chi connectivity index (χ1n) is 5.94. The largest absolute Gasteiger partial charge is 0.475 e. The number of hydrogen-bond acceptors (Lipinski definition) is 3. The topological polar surface area (TPSA) is 68.3 Å². The van der Waals surface area contributed by atoms with Gasteiger partial charge in [-0.1, -0.05) is 28.9 Å². The average Bonchev–Trinajstić information content (AvgIpc) is 2.96. The summed E-state index contributed by atoms with van der Waals surface area (Å²) in [5.41, 5.74) is 3.16. The molecule has 0 aliphatic rings. The molecular formula is C14H11ClN2O3. The van der Waals surface area contributed by atoms with Crippen LogP contribution in [-0.2, 0) is 7.05 Å². The third-order valence-electron chi connectivity index (χ3n) is 3.43. The maximum Gasteiger partial charge on any atom is 0.374 e. The van der Waals surface area contributed by atoms with Crippen molar-refractivity contribution in [2.24, 2.45) is 7.05 Å². The molecule has 0 atom stereocenters. The summed E-state index contributed by atoms with van der Waals surface area (Å²) in [6.45, 7) is 1.93. The van der Waals surface area contributed by atoms with E-state index in [4.69, 9.17) is 21.2 Å². The van der Waals surface area contributed by atoms with Crippen LogP contribution in [0.4, 0.5) is 0 Å². The molecule has 0 spiro atoms. The predicted molar refractivity (Wildman–Crippen MR) is 75.1 cm³/mol. The minimum Gasteiger partial charge on any atom is -0.475 e. The molecule has 5 nitrogen and oxygen atoms in total. The molecule has 0 aliphatic carbocycles. The van der Waals surface area contributed by atoms with Crippen molar-refractivity contribution in [3.05, 3.63) is 40.7 Å². The van der Waals surface area contributed by atoms with Gasteiger partial charge in [0.15, 0.2) is 0 Å². The fourth-order valence-electron chi connectivity index (χ4n) is 2.41. The molecule has 6 heteroatoms. The molecule has 2 aromatic heterocycles. The number of para-hydroxylation sites is 1. The standard InChI is InChI=1S/C14H11ClN2O3/c1-7-12(10-6-11(14(18)19)20-16-10)8-4-3-5-9(15)13(8)17(7)2/h3-6H,1-2H3,(H,18,19). The van der Waals surface area contributed by atoms with E-state index in [0.29, 0.717) is 10.7 Å². The highest BCUT2D eigenvalue weighted by Gasteiger charge is 2.20. The summed E-state index contributed by atoms with van der Waals surface area (Å²) in [6.07, 6.45) is 0. The van der Waals surface area contributed by atoms with Crippen molar-refractivity contribution in [1.29, 1.82) is 0 Å². The second-order valence-corrected chi connectivity index (χ2v) is 4.94.